The maximum absolute atomic E-state index is 13.1. The quantitative estimate of drug-likeness (QED) is 0.634. The second kappa shape index (κ2) is 9.07. The van der Waals surface area contributed by atoms with Crippen molar-refractivity contribution in [3.05, 3.63) is 47.5 Å². The number of nitrogens with zero attached hydrogens (tertiary/aromatic N) is 2. The molecule has 0 aromatic heterocycles. The Bertz CT molecular complexity index is 926. The van der Waals surface area contributed by atoms with E-state index < -0.39 is 9.84 Å². The monoisotopic (exact) mass is 384 g/mol. The molecule has 0 atom stereocenters. The summed E-state index contributed by atoms with van der Waals surface area (Å²) in [5.74, 6) is 0.727. The van der Waals surface area contributed by atoms with Crippen LogP contribution in [0.2, 0.25) is 0 Å². The molecule has 0 aliphatic carbocycles. The summed E-state index contributed by atoms with van der Waals surface area (Å²) in [6.45, 7) is 3.92. The van der Waals surface area contributed by atoms with Gasteiger partial charge in [0.1, 0.15) is 11.5 Å². The van der Waals surface area contributed by atoms with E-state index in [4.69, 9.17) is 20.0 Å². The fraction of sp³-hybridized carbons (Fsp3) is 0.300. The molecule has 27 heavy (non-hydrogen) atoms. The molecule has 140 valence electrons. The van der Waals surface area contributed by atoms with Gasteiger partial charge in [-0.25, -0.2) is 8.42 Å². The van der Waals surface area contributed by atoms with Gasteiger partial charge in [-0.3, -0.25) is 0 Å². The van der Waals surface area contributed by atoms with Gasteiger partial charge in [-0.15, -0.1) is 10.5 Å². The zero-order valence-corrected chi connectivity index (χ0v) is 16.0. The van der Waals surface area contributed by atoms with Crippen molar-refractivity contribution in [3.63, 3.8) is 0 Å². The predicted octanol–water partition coefficient (Wildman–Crippen LogP) is 4.14. The van der Waals surface area contributed by atoms with Crippen LogP contribution in [0.25, 0.3) is 0 Å². The van der Waals surface area contributed by atoms with Gasteiger partial charge < -0.3 is 9.47 Å². The summed E-state index contributed by atoms with van der Waals surface area (Å²) < 4.78 is 36.0. The summed E-state index contributed by atoms with van der Waals surface area (Å²) in [5, 5.41) is 17.5. The van der Waals surface area contributed by atoms with Crippen molar-refractivity contribution in [2.45, 2.75) is 49.3 Å². The molecule has 7 heteroatoms. The molecule has 2 aromatic rings. The molecule has 0 aliphatic heterocycles. The second-order valence-electron chi connectivity index (χ2n) is 5.93. The Labute approximate surface area is 159 Å². The molecule has 6 nitrogen and oxygen atoms in total. The third-order valence-corrected chi connectivity index (χ3v) is 5.78. The summed E-state index contributed by atoms with van der Waals surface area (Å²) in [7, 11) is -3.76. The zero-order valence-electron chi connectivity index (χ0n) is 15.2. The molecular weight excluding hydrogens is 364 g/mol. The van der Waals surface area contributed by atoms with Crippen molar-refractivity contribution in [2.24, 2.45) is 0 Å². The van der Waals surface area contributed by atoms with Crippen LogP contribution in [0.5, 0.6) is 11.5 Å². The smallest absolute Gasteiger partial charge is 0.292 e. The first-order chi connectivity index (χ1) is 13.0. The number of hydrogen-bond acceptors (Lipinski definition) is 6. The van der Waals surface area contributed by atoms with Crippen LogP contribution in [0.15, 0.2) is 46.2 Å². The highest BCUT2D eigenvalue weighted by Gasteiger charge is 2.21. The lowest BCUT2D eigenvalue weighted by Crippen LogP contribution is -2.05. The zero-order chi connectivity index (χ0) is 19.9. The van der Waals surface area contributed by atoms with Crippen LogP contribution in [0.1, 0.15) is 37.8 Å². The van der Waals surface area contributed by atoms with Crippen LogP contribution >= 0.6 is 0 Å². The second-order valence-corrected chi connectivity index (χ2v) is 7.88. The van der Waals surface area contributed by atoms with Crippen LogP contribution in [0.4, 0.5) is 0 Å². The first-order valence-electron chi connectivity index (χ1n) is 8.60. The van der Waals surface area contributed by atoms with E-state index >= 15 is 0 Å². The third kappa shape index (κ3) is 4.58. The van der Waals surface area contributed by atoms with Crippen molar-refractivity contribution in [1.29, 1.82) is 10.5 Å². The van der Waals surface area contributed by atoms with Crippen LogP contribution in [-0.4, -0.2) is 8.42 Å². The fourth-order valence-electron chi connectivity index (χ4n) is 2.81. The Kier molecular flexibility index (Phi) is 6.81. The van der Waals surface area contributed by atoms with E-state index in [9.17, 15) is 8.42 Å². The molecule has 0 saturated carbocycles. The molecule has 0 amide bonds. The van der Waals surface area contributed by atoms with Crippen LogP contribution in [0.3, 0.4) is 0 Å². The molecule has 0 spiro atoms. The molecule has 0 unspecified atom stereocenters. The largest absolute Gasteiger partial charge is 0.388 e. The van der Waals surface area contributed by atoms with Crippen molar-refractivity contribution in [1.82, 2.24) is 0 Å². The highest BCUT2D eigenvalue weighted by molar-refractivity contribution is 7.91. The molecular formula is C20H20N2O4S. The van der Waals surface area contributed by atoms with Crippen molar-refractivity contribution < 1.29 is 17.9 Å². The van der Waals surface area contributed by atoms with Gasteiger partial charge in [0.05, 0.1) is 9.79 Å². The highest BCUT2D eigenvalue weighted by Crippen LogP contribution is 2.30. The van der Waals surface area contributed by atoms with Gasteiger partial charge in [-0.1, -0.05) is 26.7 Å². The molecule has 0 fully saturated rings. The van der Waals surface area contributed by atoms with Crippen molar-refractivity contribution >= 4 is 9.84 Å². The Morgan fingerprint density at radius 2 is 1.22 bits per heavy atom. The lowest BCUT2D eigenvalue weighted by molar-refractivity contribution is 0.498. The summed E-state index contributed by atoms with van der Waals surface area (Å²) >= 11 is 0. The Morgan fingerprint density at radius 3 is 1.56 bits per heavy atom. The highest BCUT2D eigenvalue weighted by atomic mass is 32.2. The number of hydrogen-bond donors (Lipinski definition) is 0. The first kappa shape index (κ1) is 20.3. The van der Waals surface area contributed by atoms with Crippen molar-refractivity contribution in [3.8, 4) is 24.0 Å². The number of benzene rings is 2. The predicted molar refractivity (Wildman–Crippen MR) is 98.8 cm³/mol. The van der Waals surface area contributed by atoms with E-state index in [-0.39, 0.29) is 9.79 Å². The summed E-state index contributed by atoms with van der Waals surface area (Å²) in [4.78, 5) is 0.264. The molecule has 0 N–H and O–H groups in total. The average molecular weight is 384 g/mol. The molecule has 0 aliphatic rings. The molecule has 2 rings (SSSR count). The fourth-order valence-corrected chi connectivity index (χ4v) is 4.17. The summed E-state index contributed by atoms with van der Waals surface area (Å²) in [5.41, 5.74) is 1.33. The minimum atomic E-state index is -3.76. The Hall–Kier alpha value is -3.03. The van der Waals surface area contributed by atoms with Gasteiger partial charge in [0.15, 0.2) is 0 Å². The molecule has 2 aromatic carbocycles. The molecule has 0 bridgehead atoms. The molecule has 0 saturated heterocycles. The van der Waals surface area contributed by atoms with Crippen LogP contribution in [0, 0.1) is 23.0 Å². The normalized spacial score (nSPS) is 10.7. The van der Waals surface area contributed by atoms with Gasteiger partial charge in [-0.2, -0.15) is 0 Å². The van der Waals surface area contributed by atoms with Gasteiger partial charge in [0.2, 0.25) is 9.84 Å². The Balaban J connectivity index is 2.52. The first-order valence-corrected chi connectivity index (χ1v) is 10.1. The van der Waals surface area contributed by atoms with E-state index in [1.807, 2.05) is 13.8 Å². The average Bonchev–Trinajstić information content (AvgIpc) is 2.65. The van der Waals surface area contributed by atoms with Crippen molar-refractivity contribution in [2.75, 3.05) is 0 Å². The minimum absolute atomic E-state index is 0.132. The lowest BCUT2D eigenvalue weighted by Gasteiger charge is -2.12. The number of rotatable bonds is 8. The number of nitriles is 2. The molecule has 0 radical (unpaired) electrons. The van der Waals surface area contributed by atoms with Crippen LogP contribution < -0.4 is 9.47 Å². The van der Waals surface area contributed by atoms with Gasteiger partial charge in [-0.05, 0) is 60.4 Å². The minimum Gasteiger partial charge on any atom is -0.388 e. The van der Waals surface area contributed by atoms with E-state index in [0.717, 1.165) is 12.8 Å². The van der Waals surface area contributed by atoms with E-state index in [1.165, 1.54) is 24.3 Å². The Morgan fingerprint density at radius 1 is 0.815 bits per heavy atom. The maximum Gasteiger partial charge on any atom is 0.292 e. The SMILES string of the molecule is CCCc1cc(S(=O)(=O)c2ccc(OC#N)c(CCC)c2)ccc1OC#N. The summed E-state index contributed by atoms with van der Waals surface area (Å²) in [6, 6.07) is 8.96. The van der Waals surface area contributed by atoms with E-state index in [2.05, 4.69) is 0 Å². The van der Waals surface area contributed by atoms with Crippen LogP contribution in [-0.2, 0) is 22.7 Å². The van der Waals surface area contributed by atoms with Gasteiger partial charge in [0.25, 0.3) is 12.5 Å². The molecule has 0 heterocycles. The lowest BCUT2D eigenvalue weighted by atomic mass is 10.1. The maximum atomic E-state index is 13.1. The van der Waals surface area contributed by atoms with E-state index in [1.54, 1.807) is 24.6 Å². The summed E-state index contributed by atoms with van der Waals surface area (Å²) in [6.07, 6.45) is 6.00. The van der Waals surface area contributed by atoms with E-state index in [0.29, 0.717) is 35.5 Å². The standard InChI is InChI=1S/C20H20N2O4S/c1-3-5-15-11-17(7-9-19(15)25-13-21)27(23,24)18-8-10-20(26-14-22)16(12-18)6-4-2/h7-12H,3-6H2,1-2H3. The van der Waals surface area contributed by atoms with Gasteiger partial charge >= 0.3 is 0 Å². The third-order valence-electron chi connectivity index (χ3n) is 4.03. The topological polar surface area (TPSA) is 100 Å². The number of aryl methyl sites for hydroxylation is 2. The number of sulfone groups is 1. The van der Waals surface area contributed by atoms with Gasteiger partial charge in [0, 0.05) is 0 Å². The number of ether oxygens (including phenoxy) is 2.